The Morgan fingerprint density at radius 1 is 1.21 bits per heavy atom. The van der Waals surface area contributed by atoms with Crippen LogP contribution in [0, 0.1) is 11.8 Å². The number of nitrogens with zero attached hydrogens (tertiary/aromatic N) is 3. The van der Waals surface area contributed by atoms with Crippen molar-refractivity contribution in [3.05, 3.63) is 41.2 Å². The van der Waals surface area contributed by atoms with Crippen LogP contribution in [0.2, 0.25) is 0 Å². The standard InChI is InChI=1S/C19H20N4O5/c1-27-14-7-12(8-15(9-14)28-2)3-4-17-16(18(20)24)11-23(21-17)13-5-6-22(10-13)19(25)26/h7-9,11,13H,5-6,10H2,1-2H3,(H2,20,24)(H,25,26)/t13-/m0/s1. The van der Waals surface area contributed by atoms with Crippen molar-refractivity contribution >= 4 is 12.0 Å². The predicted molar refractivity (Wildman–Crippen MR) is 99.5 cm³/mol. The van der Waals surface area contributed by atoms with Crippen LogP contribution in [0.3, 0.4) is 0 Å². The van der Waals surface area contributed by atoms with Crippen LogP contribution >= 0.6 is 0 Å². The molecule has 0 unspecified atom stereocenters. The SMILES string of the molecule is COc1cc(C#Cc2nn([C@H]3CCN(C(=O)O)C3)cc2C(N)=O)cc(OC)c1. The highest BCUT2D eigenvalue weighted by molar-refractivity contribution is 5.94. The van der Waals surface area contributed by atoms with E-state index in [0.29, 0.717) is 36.6 Å². The molecule has 3 rings (SSSR count). The first kappa shape index (κ1) is 19.1. The summed E-state index contributed by atoms with van der Waals surface area (Å²) >= 11 is 0. The summed E-state index contributed by atoms with van der Waals surface area (Å²) in [6, 6.07) is 5.03. The monoisotopic (exact) mass is 384 g/mol. The molecule has 9 nitrogen and oxygen atoms in total. The first-order valence-corrected chi connectivity index (χ1v) is 8.53. The third kappa shape index (κ3) is 4.01. The van der Waals surface area contributed by atoms with Crippen LogP contribution in [-0.4, -0.2) is 59.1 Å². The second kappa shape index (κ2) is 7.92. The number of carbonyl (C=O) groups excluding carboxylic acids is 1. The zero-order chi connectivity index (χ0) is 20.3. The van der Waals surface area contributed by atoms with Gasteiger partial charge in [-0.15, -0.1) is 0 Å². The second-order valence-electron chi connectivity index (χ2n) is 6.26. The van der Waals surface area contributed by atoms with Gasteiger partial charge in [0.15, 0.2) is 0 Å². The van der Waals surface area contributed by atoms with Crippen LogP contribution in [0.5, 0.6) is 11.5 Å². The highest BCUT2D eigenvalue weighted by atomic mass is 16.5. The molecule has 146 valence electrons. The zero-order valence-corrected chi connectivity index (χ0v) is 15.5. The minimum atomic E-state index is -0.975. The lowest BCUT2D eigenvalue weighted by atomic mass is 10.2. The summed E-state index contributed by atoms with van der Waals surface area (Å²) in [5, 5.41) is 13.5. The van der Waals surface area contributed by atoms with Gasteiger partial charge in [0.05, 0.1) is 25.8 Å². The first-order valence-electron chi connectivity index (χ1n) is 8.53. The van der Waals surface area contributed by atoms with Gasteiger partial charge >= 0.3 is 6.09 Å². The Labute approximate surface area is 161 Å². The maximum Gasteiger partial charge on any atom is 0.407 e. The molecule has 1 aliphatic rings. The van der Waals surface area contributed by atoms with E-state index in [1.165, 1.54) is 11.1 Å². The van der Waals surface area contributed by atoms with Gasteiger partial charge in [0, 0.05) is 30.9 Å². The van der Waals surface area contributed by atoms with Crippen molar-refractivity contribution in [2.45, 2.75) is 12.5 Å². The molecule has 0 radical (unpaired) electrons. The van der Waals surface area contributed by atoms with Gasteiger partial charge in [-0.2, -0.15) is 5.10 Å². The Hall–Kier alpha value is -3.67. The Morgan fingerprint density at radius 3 is 2.43 bits per heavy atom. The van der Waals surface area contributed by atoms with Gasteiger partial charge in [-0.1, -0.05) is 5.92 Å². The molecule has 1 aromatic carbocycles. The molecule has 0 bridgehead atoms. The van der Waals surface area contributed by atoms with Gasteiger partial charge < -0.3 is 25.2 Å². The average molecular weight is 384 g/mol. The summed E-state index contributed by atoms with van der Waals surface area (Å²) in [5.74, 6) is 6.33. The molecule has 9 heteroatoms. The number of carboxylic acid groups (broad SMARTS) is 1. The molecule has 3 N–H and O–H groups in total. The number of likely N-dealkylation sites (tertiary alicyclic amines) is 1. The number of carbonyl (C=O) groups is 2. The molecule has 0 saturated carbocycles. The van der Waals surface area contributed by atoms with E-state index < -0.39 is 12.0 Å². The van der Waals surface area contributed by atoms with Crippen molar-refractivity contribution in [3.8, 4) is 23.3 Å². The van der Waals surface area contributed by atoms with E-state index in [2.05, 4.69) is 16.9 Å². The van der Waals surface area contributed by atoms with Gasteiger partial charge in [-0.25, -0.2) is 4.79 Å². The van der Waals surface area contributed by atoms with Gasteiger partial charge in [0.1, 0.15) is 17.2 Å². The molecule has 0 spiro atoms. The number of amides is 2. The number of rotatable bonds is 4. The molecule has 2 aromatic rings. The van der Waals surface area contributed by atoms with E-state index in [1.54, 1.807) is 37.1 Å². The number of ether oxygens (including phenoxy) is 2. The fourth-order valence-corrected chi connectivity index (χ4v) is 2.99. The minimum Gasteiger partial charge on any atom is -0.497 e. The third-order valence-electron chi connectivity index (χ3n) is 4.48. The molecule has 2 amide bonds. The summed E-state index contributed by atoms with van der Waals surface area (Å²) in [6.07, 6.45) is 1.15. The molecule has 0 aliphatic carbocycles. The number of hydrogen-bond donors (Lipinski definition) is 2. The van der Waals surface area contributed by atoms with Crippen molar-refractivity contribution in [1.29, 1.82) is 0 Å². The molecular weight excluding hydrogens is 364 g/mol. The molecule has 1 aromatic heterocycles. The average Bonchev–Trinajstić information content (AvgIpc) is 3.33. The van der Waals surface area contributed by atoms with Crippen molar-refractivity contribution in [3.63, 3.8) is 0 Å². The Morgan fingerprint density at radius 2 is 1.89 bits per heavy atom. The van der Waals surface area contributed by atoms with Crippen LogP contribution in [0.15, 0.2) is 24.4 Å². The number of benzene rings is 1. The van der Waals surface area contributed by atoms with Crippen molar-refractivity contribution < 1.29 is 24.2 Å². The van der Waals surface area contributed by atoms with Crippen molar-refractivity contribution in [2.24, 2.45) is 5.73 Å². The summed E-state index contributed by atoms with van der Waals surface area (Å²) in [4.78, 5) is 24.2. The number of hydrogen-bond acceptors (Lipinski definition) is 5. The molecule has 2 heterocycles. The number of primary amides is 1. The van der Waals surface area contributed by atoms with Crippen molar-refractivity contribution in [1.82, 2.24) is 14.7 Å². The van der Waals surface area contributed by atoms with Crippen LogP contribution in [0.4, 0.5) is 4.79 Å². The molecule has 28 heavy (non-hydrogen) atoms. The van der Waals surface area contributed by atoms with E-state index in [4.69, 9.17) is 20.3 Å². The smallest absolute Gasteiger partial charge is 0.407 e. The maximum atomic E-state index is 11.8. The molecule has 1 aliphatic heterocycles. The highest BCUT2D eigenvalue weighted by Gasteiger charge is 2.28. The van der Waals surface area contributed by atoms with E-state index in [-0.39, 0.29) is 17.3 Å². The lowest BCUT2D eigenvalue weighted by molar-refractivity contribution is 0.0999. The highest BCUT2D eigenvalue weighted by Crippen LogP contribution is 2.23. The lowest BCUT2D eigenvalue weighted by Gasteiger charge is -2.12. The summed E-state index contributed by atoms with van der Waals surface area (Å²) < 4.78 is 12.0. The Balaban J connectivity index is 1.91. The van der Waals surface area contributed by atoms with Crippen molar-refractivity contribution in [2.75, 3.05) is 27.3 Å². The van der Waals surface area contributed by atoms with Crippen LogP contribution < -0.4 is 15.2 Å². The molecule has 1 atom stereocenters. The number of nitrogens with two attached hydrogens (primary N) is 1. The molecule has 1 fully saturated rings. The second-order valence-corrected chi connectivity index (χ2v) is 6.26. The molecule has 1 saturated heterocycles. The number of aromatic nitrogens is 2. The minimum absolute atomic E-state index is 0.165. The van der Waals surface area contributed by atoms with Crippen LogP contribution in [-0.2, 0) is 0 Å². The van der Waals surface area contributed by atoms with E-state index in [1.807, 2.05) is 0 Å². The Bertz CT molecular complexity index is 950. The lowest BCUT2D eigenvalue weighted by Crippen LogP contribution is -2.27. The van der Waals surface area contributed by atoms with E-state index in [0.717, 1.165) is 0 Å². The summed E-state index contributed by atoms with van der Waals surface area (Å²) in [5.41, 5.74) is 6.51. The largest absolute Gasteiger partial charge is 0.497 e. The maximum absolute atomic E-state index is 11.8. The number of methoxy groups -OCH3 is 2. The zero-order valence-electron chi connectivity index (χ0n) is 15.5. The topological polar surface area (TPSA) is 120 Å². The fraction of sp³-hybridized carbons (Fsp3) is 0.316. The van der Waals surface area contributed by atoms with Gasteiger partial charge in [-0.05, 0) is 24.5 Å². The predicted octanol–water partition coefficient (Wildman–Crippen LogP) is 1.32. The van der Waals surface area contributed by atoms with E-state index in [9.17, 15) is 9.59 Å². The summed E-state index contributed by atoms with van der Waals surface area (Å²) in [6.45, 7) is 0.714. The summed E-state index contributed by atoms with van der Waals surface area (Å²) in [7, 11) is 3.09. The van der Waals surface area contributed by atoms with Crippen LogP contribution in [0.25, 0.3) is 0 Å². The van der Waals surface area contributed by atoms with Gasteiger partial charge in [-0.3, -0.25) is 9.48 Å². The third-order valence-corrected chi connectivity index (χ3v) is 4.48. The fourth-order valence-electron chi connectivity index (χ4n) is 2.99. The Kier molecular flexibility index (Phi) is 5.40. The quantitative estimate of drug-likeness (QED) is 0.767. The van der Waals surface area contributed by atoms with E-state index >= 15 is 0 Å². The van der Waals surface area contributed by atoms with Crippen LogP contribution in [0.1, 0.15) is 34.1 Å². The van der Waals surface area contributed by atoms with Gasteiger partial charge in [0.25, 0.3) is 5.91 Å². The first-order chi connectivity index (χ1) is 13.4. The normalized spacial score (nSPS) is 15.6. The van der Waals surface area contributed by atoms with Gasteiger partial charge in [0.2, 0.25) is 0 Å². The molecular formula is C19H20N4O5.